The molecule has 1 atom stereocenters. The molecular weight excluding hydrogens is 366 g/mol. The zero-order chi connectivity index (χ0) is 19.0. The highest BCUT2D eigenvalue weighted by atomic mass is 32.2. The lowest BCUT2D eigenvalue weighted by molar-refractivity contribution is -0.115. The van der Waals surface area contributed by atoms with Gasteiger partial charge in [-0.15, -0.1) is 11.3 Å². The van der Waals surface area contributed by atoms with E-state index in [1.54, 1.807) is 22.2 Å². The molecule has 6 nitrogen and oxygen atoms in total. The highest BCUT2D eigenvalue weighted by molar-refractivity contribution is 8.00. The molecule has 3 aromatic rings. The third-order valence-electron chi connectivity index (χ3n) is 4.18. The van der Waals surface area contributed by atoms with Crippen molar-refractivity contribution in [1.29, 1.82) is 0 Å². The number of amides is 1. The molecule has 3 aromatic heterocycles. The average Bonchev–Trinajstić information content (AvgIpc) is 3.12. The van der Waals surface area contributed by atoms with Crippen LogP contribution in [0.2, 0.25) is 0 Å². The predicted octanol–water partition coefficient (Wildman–Crippen LogP) is 4.51. The lowest BCUT2D eigenvalue weighted by Gasteiger charge is -2.15. The number of aromatic nitrogens is 4. The number of nitrogens with one attached hydrogen (secondary N) is 1. The van der Waals surface area contributed by atoms with Crippen molar-refractivity contribution in [3.8, 4) is 0 Å². The van der Waals surface area contributed by atoms with Gasteiger partial charge in [-0.3, -0.25) is 4.79 Å². The van der Waals surface area contributed by atoms with E-state index >= 15 is 0 Å². The first kappa shape index (κ1) is 18.8. The van der Waals surface area contributed by atoms with Crippen LogP contribution in [0.25, 0.3) is 10.2 Å². The fraction of sp³-hybridized carbons (Fsp3) is 0.444. The van der Waals surface area contributed by atoms with Crippen LogP contribution in [0.4, 0.5) is 5.82 Å². The second-order valence-corrected chi connectivity index (χ2v) is 9.08. The summed E-state index contributed by atoms with van der Waals surface area (Å²) in [7, 11) is 0. The van der Waals surface area contributed by atoms with Gasteiger partial charge in [0, 0.05) is 22.4 Å². The summed E-state index contributed by atoms with van der Waals surface area (Å²) in [4.78, 5) is 24.1. The minimum Gasteiger partial charge on any atom is -0.310 e. The Labute approximate surface area is 161 Å². The van der Waals surface area contributed by atoms with Crippen molar-refractivity contribution in [2.45, 2.75) is 57.9 Å². The van der Waals surface area contributed by atoms with Crippen molar-refractivity contribution in [2.24, 2.45) is 0 Å². The topological polar surface area (TPSA) is 72.7 Å². The Bertz CT molecular complexity index is 960. The van der Waals surface area contributed by atoms with Gasteiger partial charge in [-0.2, -0.15) is 5.10 Å². The minimum atomic E-state index is -0.289. The van der Waals surface area contributed by atoms with E-state index in [1.807, 2.05) is 33.8 Å². The van der Waals surface area contributed by atoms with Gasteiger partial charge in [0.2, 0.25) is 5.91 Å². The highest BCUT2D eigenvalue weighted by Gasteiger charge is 2.21. The molecule has 1 N–H and O–H groups in total. The maximum absolute atomic E-state index is 12.7. The molecule has 0 spiro atoms. The summed E-state index contributed by atoms with van der Waals surface area (Å²) in [5.74, 6) is 1.38. The Kier molecular flexibility index (Phi) is 5.34. The Morgan fingerprint density at radius 2 is 1.96 bits per heavy atom. The molecule has 0 aromatic carbocycles. The second-order valence-electron chi connectivity index (χ2n) is 6.54. The number of hydrogen-bond acceptors (Lipinski definition) is 6. The Hall–Kier alpha value is -1.93. The van der Waals surface area contributed by atoms with Crippen LogP contribution < -0.4 is 5.32 Å². The summed E-state index contributed by atoms with van der Waals surface area (Å²) < 4.78 is 1.80. The maximum atomic E-state index is 12.7. The zero-order valence-corrected chi connectivity index (χ0v) is 17.5. The van der Waals surface area contributed by atoms with Gasteiger partial charge in [0.15, 0.2) is 0 Å². The summed E-state index contributed by atoms with van der Waals surface area (Å²) in [6, 6.07) is 2.00. The number of thioether (sulfide) groups is 1. The van der Waals surface area contributed by atoms with E-state index in [0.29, 0.717) is 5.82 Å². The molecule has 0 aliphatic carbocycles. The Balaban J connectivity index is 1.83. The SMILES string of the molecule is Cc1nc(S[C@H](C)C(=O)Nc2ccnn2C(C)C)c2c(C)c(C)sc2n1. The van der Waals surface area contributed by atoms with E-state index in [1.165, 1.54) is 22.2 Å². The van der Waals surface area contributed by atoms with Crippen LogP contribution in [-0.4, -0.2) is 30.9 Å². The van der Waals surface area contributed by atoms with Crippen molar-refractivity contribution < 1.29 is 4.79 Å². The molecule has 0 bridgehead atoms. The van der Waals surface area contributed by atoms with Crippen molar-refractivity contribution in [2.75, 3.05) is 5.32 Å². The van der Waals surface area contributed by atoms with Crippen molar-refractivity contribution in [3.05, 3.63) is 28.5 Å². The third kappa shape index (κ3) is 3.61. The van der Waals surface area contributed by atoms with E-state index in [9.17, 15) is 4.79 Å². The number of carbonyl (C=O) groups excluding carboxylic acids is 1. The summed E-state index contributed by atoms with van der Waals surface area (Å²) in [6.07, 6.45) is 1.70. The number of fused-ring (bicyclic) bond motifs is 1. The van der Waals surface area contributed by atoms with Gasteiger partial charge in [0.1, 0.15) is 21.5 Å². The number of carbonyl (C=O) groups is 1. The zero-order valence-electron chi connectivity index (χ0n) is 15.8. The third-order valence-corrected chi connectivity index (χ3v) is 6.36. The molecule has 26 heavy (non-hydrogen) atoms. The molecule has 0 saturated heterocycles. The second kappa shape index (κ2) is 7.36. The molecule has 0 fully saturated rings. The summed E-state index contributed by atoms with van der Waals surface area (Å²) in [6.45, 7) is 12.0. The lowest BCUT2D eigenvalue weighted by Crippen LogP contribution is -2.24. The molecular formula is C18H23N5OS2. The van der Waals surface area contributed by atoms with E-state index in [4.69, 9.17) is 0 Å². The minimum absolute atomic E-state index is 0.0635. The first-order valence-electron chi connectivity index (χ1n) is 8.53. The van der Waals surface area contributed by atoms with Gasteiger partial charge in [-0.05, 0) is 47.1 Å². The van der Waals surface area contributed by atoms with Gasteiger partial charge < -0.3 is 5.32 Å². The molecule has 3 heterocycles. The fourth-order valence-electron chi connectivity index (χ4n) is 2.67. The van der Waals surface area contributed by atoms with Crippen LogP contribution in [0.3, 0.4) is 0 Å². The van der Waals surface area contributed by atoms with Gasteiger partial charge in [0.05, 0.1) is 11.4 Å². The van der Waals surface area contributed by atoms with Crippen molar-refractivity contribution in [1.82, 2.24) is 19.7 Å². The first-order valence-corrected chi connectivity index (χ1v) is 10.2. The van der Waals surface area contributed by atoms with Crippen molar-refractivity contribution >= 4 is 45.0 Å². The number of thiophene rings is 1. The lowest BCUT2D eigenvalue weighted by atomic mass is 10.2. The van der Waals surface area contributed by atoms with Gasteiger partial charge >= 0.3 is 0 Å². The standard InChI is InChI=1S/C18H23N5OS2/c1-9(2)23-14(7-8-19-23)22-16(24)12(5)26-18-15-10(3)11(4)25-17(15)20-13(6)21-18/h7-9,12H,1-6H3,(H,22,24)/t12-/m1/s1. The largest absolute Gasteiger partial charge is 0.310 e. The van der Waals surface area contributed by atoms with Crippen LogP contribution in [0.5, 0.6) is 0 Å². The number of hydrogen-bond donors (Lipinski definition) is 1. The quantitative estimate of drug-likeness (QED) is 0.513. The van der Waals surface area contributed by atoms with Crippen LogP contribution in [0.15, 0.2) is 17.3 Å². The maximum Gasteiger partial charge on any atom is 0.238 e. The normalized spacial score (nSPS) is 12.7. The molecule has 8 heteroatoms. The number of anilines is 1. The number of rotatable bonds is 5. The van der Waals surface area contributed by atoms with Gasteiger partial charge in [-0.1, -0.05) is 11.8 Å². The van der Waals surface area contributed by atoms with Crippen molar-refractivity contribution in [3.63, 3.8) is 0 Å². The predicted molar refractivity (Wildman–Crippen MR) is 108 cm³/mol. The Morgan fingerprint density at radius 3 is 2.65 bits per heavy atom. The van der Waals surface area contributed by atoms with Gasteiger partial charge in [0.25, 0.3) is 0 Å². The smallest absolute Gasteiger partial charge is 0.238 e. The average molecular weight is 390 g/mol. The van der Waals surface area contributed by atoms with Crippen LogP contribution in [0.1, 0.15) is 43.1 Å². The van der Waals surface area contributed by atoms with E-state index < -0.39 is 0 Å². The van der Waals surface area contributed by atoms with Gasteiger partial charge in [-0.25, -0.2) is 14.6 Å². The first-order chi connectivity index (χ1) is 12.3. The van der Waals surface area contributed by atoms with Crippen LogP contribution in [0, 0.1) is 20.8 Å². The fourth-order valence-corrected chi connectivity index (χ4v) is 4.87. The molecule has 0 saturated carbocycles. The summed E-state index contributed by atoms with van der Waals surface area (Å²) >= 11 is 3.15. The van der Waals surface area contributed by atoms with Crippen LogP contribution >= 0.6 is 23.1 Å². The number of aryl methyl sites for hydroxylation is 3. The monoisotopic (exact) mass is 389 g/mol. The highest BCUT2D eigenvalue weighted by Crippen LogP contribution is 2.36. The molecule has 3 rings (SSSR count). The molecule has 0 unspecified atom stereocenters. The summed E-state index contributed by atoms with van der Waals surface area (Å²) in [5, 5.41) is 8.87. The van der Waals surface area contributed by atoms with E-state index in [0.717, 1.165) is 21.1 Å². The van der Waals surface area contributed by atoms with Crippen LogP contribution in [-0.2, 0) is 4.79 Å². The molecule has 1 amide bonds. The molecule has 0 aliphatic rings. The molecule has 0 aliphatic heterocycles. The molecule has 0 radical (unpaired) electrons. The number of nitrogens with zero attached hydrogens (tertiary/aromatic N) is 4. The molecule has 138 valence electrons. The summed E-state index contributed by atoms with van der Waals surface area (Å²) in [5.41, 5.74) is 1.19. The van der Waals surface area contributed by atoms with E-state index in [-0.39, 0.29) is 17.2 Å². The Morgan fingerprint density at radius 1 is 1.23 bits per heavy atom. The van der Waals surface area contributed by atoms with E-state index in [2.05, 4.69) is 34.2 Å².